The van der Waals surface area contributed by atoms with Crippen LogP contribution in [0.15, 0.2) is 30.3 Å². The van der Waals surface area contributed by atoms with Gasteiger partial charge in [0.1, 0.15) is 5.60 Å². The van der Waals surface area contributed by atoms with Crippen LogP contribution in [0.1, 0.15) is 46.2 Å². The van der Waals surface area contributed by atoms with Gasteiger partial charge in [0.2, 0.25) is 0 Å². The molecular formula is C16H25NO3. The van der Waals surface area contributed by atoms with E-state index in [9.17, 15) is 9.90 Å². The minimum absolute atomic E-state index is 0.0233. The summed E-state index contributed by atoms with van der Waals surface area (Å²) in [5.74, 6) is 0.0233. The van der Waals surface area contributed by atoms with Crippen molar-refractivity contribution in [1.29, 1.82) is 0 Å². The molecule has 2 unspecified atom stereocenters. The zero-order valence-corrected chi connectivity index (χ0v) is 12.9. The summed E-state index contributed by atoms with van der Waals surface area (Å²) in [7, 11) is 0. The van der Waals surface area contributed by atoms with Gasteiger partial charge in [0.15, 0.2) is 0 Å². The van der Waals surface area contributed by atoms with Crippen molar-refractivity contribution in [3.8, 4) is 0 Å². The SMILES string of the molecule is CC(C)C(O)C(NC(=O)OC(C)(C)C)c1ccccc1. The van der Waals surface area contributed by atoms with Crippen molar-refractivity contribution < 1.29 is 14.6 Å². The Balaban J connectivity index is 2.87. The van der Waals surface area contributed by atoms with Crippen LogP contribution in [-0.4, -0.2) is 22.9 Å². The molecule has 0 radical (unpaired) electrons. The third kappa shape index (κ3) is 5.21. The fraction of sp³-hybridized carbons (Fsp3) is 0.562. The first kappa shape index (κ1) is 16.5. The van der Waals surface area contributed by atoms with Crippen LogP contribution in [0.5, 0.6) is 0 Å². The molecule has 0 saturated heterocycles. The van der Waals surface area contributed by atoms with E-state index in [1.807, 2.05) is 65.0 Å². The van der Waals surface area contributed by atoms with Gasteiger partial charge in [-0.05, 0) is 32.3 Å². The Labute approximate surface area is 121 Å². The van der Waals surface area contributed by atoms with Crippen LogP contribution in [-0.2, 0) is 4.74 Å². The highest BCUT2D eigenvalue weighted by Gasteiger charge is 2.27. The van der Waals surface area contributed by atoms with Crippen molar-refractivity contribution in [2.75, 3.05) is 0 Å². The summed E-state index contributed by atoms with van der Waals surface area (Å²) in [6.45, 7) is 9.25. The summed E-state index contributed by atoms with van der Waals surface area (Å²) < 4.78 is 5.26. The average Bonchev–Trinajstić information content (AvgIpc) is 2.34. The molecule has 4 heteroatoms. The van der Waals surface area contributed by atoms with E-state index in [-0.39, 0.29) is 5.92 Å². The van der Waals surface area contributed by atoms with E-state index in [4.69, 9.17) is 4.74 Å². The van der Waals surface area contributed by atoms with E-state index < -0.39 is 23.8 Å². The predicted molar refractivity (Wildman–Crippen MR) is 79.4 cm³/mol. The number of benzene rings is 1. The van der Waals surface area contributed by atoms with Gasteiger partial charge in [-0.1, -0.05) is 44.2 Å². The lowest BCUT2D eigenvalue weighted by atomic mass is 9.94. The Morgan fingerprint density at radius 3 is 2.20 bits per heavy atom. The molecule has 0 fully saturated rings. The molecule has 2 N–H and O–H groups in total. The van der Waals surface area contributed by atoms with Gasteiger partial charge in [0.25, 0.3) is 0 Å². The van der Waals surface area contributed by atoms with E-state index in [1.54, 1.807) is 0 Å². The molecule has 1 aromatic rings. The standard InChI is InChI=1S/C16H25NO3/c1-11(2)14(18)13(12-9-7-6-8-10-12)17-15(19)20-16(3,4)5/h6-11,13-14,18H,1-5H3,(H,17,19). The first-order valence-corrected chi connectivity index (χ1v) is 6.93. The summed E-state index contributed by atoms with van der Waals surface area (Å²) >= 11 is 0. The van der Waals surface area contributed by atoms with Crippen LogP contribution in [0.3, 0.4) is 0 Å². The highest BCUT2D eigenvalue weighted by Crippen LogP contribution is 2.22. The van der Waals surface area contributed by atoms with Crippen molar-refractivity contribution in [3.05, 3.63) is 35.9 Å². The number of hydrogen-bond donors (Lipinski definition) is 2. The second-order valence-electron chi connectivity index (χ2n) is 6.27. The molecule has 0 spiro atoms. The van der Waals surface area contributed by atoms with E-state index in [1.165, 1.54) is 0 Å². The Morgan fingerprint density at radius 2 is 1.75 bits per heavy atom. The van der Waals surface area contributed by atoms with E-state index in [0.29, 0.717) is 0 Å². The van der Waals surface area contributed by atoms with Gasteiger partial charge in [-0.2, -0.15) is 0 Å². The Bertz CT molecular complexity index is 423. The van der Waals surface area contributed by atoms with Gasteiger partial charge in [-0.15, -0.1) is 0 Å². The molecule has 4 nitrogen and oxygen atoms in total. The number of ether oxygens (including phenoxy) is 1. The van der Waals surface area contributed by atoms with Gasteiger partial charge in [-0.25, -0.2) is 4.79 Å². The van der Waals surface area contributed by atoms with Crippen molar-refractivity contribution in [2.45, 2.75) is 52.4 Å². The molecule has 1 rings (SSSR count). The molecule has 2 atom stereocenters. The van der Waals surface area contributed by atoms with Crippen LogP contribution in [0.25, 0.3) is 0 Å². The lowest BCUT2D eigenvalue weighted by Crippen LogP contribution is -2.41. The quantitative estimate of drug-likeness (QED) is 0.889. The predicted octanol–water partition coefficient (Wildman–Crippen LogP) is 3.27. The molecule has 0 aliphatic heterocycles. The van der Waals surface area contributed by atoms with Crippen molar-refractivity contribution in [1.82, 2.24) is 5.32 Å². The average molecular weight is 279 g/mol. The van der Waals surface area contributed by atoms with Gasteiger partial charge < -0.3 is 15.2 Å². The summed E-state index contributed by atoms with van der Waals surface area (Å²) in [4.78, 5) is 11.9. The molecule has 0 saturated carbocycles. The molecule has 112 valence electrons. The maximum absolute atomic E-state index is 11.9. The molecule has 0 aromatic heterocycles. The summed E-state index contributed by atoms with van der Waals surface area (Å²) in [6, 6.07) is 8.95. The number of rotatable bonds is 4. The van der Waals surface area contributed by atoms with Gasteiger partial charge in [0.05, 0.1) is 12.1 Å². The van der Waals surface area contributed by atoms with Crippen LogP contribution >= 0.6 is 0 Å². The summed E-state index contributed by atoms with van der Waals surface area (Å²) in [6.07, 6.45) is -1.20. The smallest absolute Gasteiger partial charge is 0.408 e. The maximum Gasteiger partial charge on any atom is 0.408 e. The fourth-order valence-electron chi connectivity index (χ4n) is 1.85. The number of aliphatic hydroxyl groups is 1. The zero-order chi connectivity index (χ0) is 15.3. The van der Waals surface area contributed by atoms with E-state index in [0.717, 1.165) is 5.56 Å². The molecule has 0 aliphatic carbocycles. The van der Waals surface area contributed by atoms with Crippen molar-refractivity contribution >= 4 is 6.09 Å². The first-order valence-electron chi connectivity index (χ1n) is 6.93. The van der Waals surface area contributed by atoms with Gasteiger partial charge >= 0.3 is 6.09 Å². The second kappa shape index (κ2) is 6.75. The van der Waals surface area contributed by atoms with Crippen LogP contribution in [0.4, 0.5) is 4.79 Å². The number of nitrogens with one attached hydrogen (secondary N) is 1. The number of carbonyl (C=O) groups excluding carboxylic acids is 1. The number of carbonyl (C=O) groups is 1. The minimum atomic E-state index is -0.676. The molecule has 1 amide bonds. The normalized spacial score (nSPS) is 14.8. The van der Waals surface area contributed by atoms with Crippen LogP contribution in [0, 0.1) is 5.92 Å². The topological polar surface area (TPSA) is 58.6 Å². The molecule has 0 aliphatic rings. The second-order valence-corrected chi connectivity index (χ2v) is 6.27. The van der Waals surface area contributed by atoms with Gasteiger partial charge in [0, 0.05) is 0 Å². The summed E-state index contributed by atoms with van der Waals surface area (Å²) in [5, 5.41) is 13.1. The zero-order valence-electron chi connectivity index (χ0n) is 12.9. The van der Waals surface area contributed by atoms with E-state index in [2.05, 4.69) is 5.32 Å². The molecule has 0 heterocycles. The maximum atomic E-state index is 11.9. The van der Waals surface area contributed by atoms with Crippen LogP contribution in [0.2, 0.25) is 0 Å². The Morgan fingerprint density at radius 1 is 1.20 bits per heavy atom. The van der Waals surface area contributed by atoms with Crippen molar-refractivity contribution in [3.63, 3.8) is 0 Å². The largest absolute Gasteiger partial charge is 0.444 e. The molecule has 1 aromatic carbocycles. The highest BCUT2D eigenvalue weighted by molar-refractivity contribution is 5.68. The third-order valence-electron chi connectivity index (χ3n) is 2.86. The Hall–Kier alpha value is -1.55. The monoisotopic (exact) mass is 279 g/mol. The van der Waals surface area contributed by atoms with Crippen LogP contribution < -0.4 is 5.32 Å². The number of hydrogen-bond acceptors (Lipinski definition) is 3. The molecular weight excluding hydrogens is 254 g/mol. The lowest BCUT2D eigenvalue weighted by molar-refractivity contribution is 0.0355. The highest BCUT2D eigenvalue weighted by atomic mass is 16.6. The lowest BCUT2D eigenvalue weighted by Gasteiger charge is -2.28. The van der Waals surface area contributed by atoms with Gasteiger partial charge in [-0.3, -0.25) is 0 Å². The summed E-state index contributed by atoms with van der Waals surface area (Å²) in [5.41, 5.74) is 0.299. The molecule has 0 bridgehead atoms. The molecule has 20 heavy (non-hydrogen) atoms. The fourth-order valence-corrected chi connectivity index (χ4v) is 1.85. The third-order valence-corrected chi connectivity index (χ3v) is 2.86. The van der Waals surface area contributed by atoms with E-state index >= 15 is 0 Å². The number of alkyl carbamates (subject to hydrolysis) is 1. The Kier molecular flexibility index (Phi) is 5.57. The minimum Gasteiger partial charge on any atom is -0.444 e. The van der Waals surface area contributed by atoms with Crippen molar-refractivity contribution in [2.24, 2.45) is 5.92 Å². The number of amides is 1. The first-order chi connectivity index (χ1) is 9.20. The number of aliphatic hydroxyl groups excluding tert-OH is 1.